The highest BCUT2D eigenvalue weighted by Gasteiger charge is 2.14. The zero-order valence-corrected chi connectivity index (χ0v) is 19.8. The third-order valence-corrected chi connectivity index (χ3v) is 5.79. The molecule has 0 saturated carbocycles. The maximum Gasteiger partial charge on any atom is 0.255 e. The molecule has 0 aromatic heterocycles. The van der Waals surface area contributed by atoms with Gasteiger partial charge in [-0.25, -0.2) is 0 Å². The number of amides is 3. The van der Waals surface area contributed by atoms with E-state index in [1.54, 1.807) is 66.7 Å². The zero-order chi connectivity index (χ0) is 25.6. The van der Waals surface area contributed by atoms with Gasteiger partial charge in [0.2, 0.25) is 0 Å². The topological polar surface area (TPSA) is 87.3 Å². The molecule has 0 bridgehead atoms. The van der Waals surface area contributed by atoms with Crippen LogP contribution in [0.15, 0.2) is 121 Å². The number of nitrogens with one attached hydrogen (secondary N) is 3. The molecule has 0 aliphatic heterocycles. The Kier molecular flexibility index (Phi) is 6.72. The molecule has 0 atom stereocenters. The summed E-state index contributed by atoms with van der Waals surface area (Å²) in [6.07, 6.45) is 0. The standard InChI is InChI=1S/C31H23N3O3/c35-29(22-10-3-1-4-11-22)33-27-18-25(19-28(20-27)34-30(36)23-12-5-2-6-13-23)31(37)32-26-16-15-21-9-7-8-14-24(21)17-26/h1-20H,(H,32,37)(H,33,35)(H,34,36). The van der Waals surface area contributed by atoms with Crippen LogP contribution >= 0.6 is 0 Å². The summed E-state index contributed by atoms with van der Waals surface area (Å²) < 4.78 is 0. The molecule has 0 unspecified atom stereocenters. The fraction of sp³-hybridized carbons (Fsp3) is 0. The van der Waals surface area contributed by atoms with Crippen LogP contribution in [0.3, 0.4) is 0 Å². The maximum atomic E-state index is 13.2. The van der Waals surface area contributed by atoms with E-state index < -0.39 is 0 Å². The summed E-state index contributed by atoms with van der Waals surface area (Å²) in [5, 5.41) is 10.6. The molecular formula is C31H23N3O3. The largest absolute Gasteiger partial charge is 0.322 e. The monoisotopic (exact) mass is 485 g/mol. The number of fused-ring (bicyclic) bond motifs is 1. The Morgan fingerprint density at radius 3 is 1.41 bits per heavy atom. The first kappa shape index (κ1) is 23.5. The van der Waals surface area contributed by atoms with E-state index in [0.29, 0.717) is 28.2 Å². The van der Waals surface area contributed by atoms with E-state index >= 15 is 0 Å². The highest BCUT2D eigenvalue weighted by Crippen LogP contribution is 2.23. The van der Waals surface area contributed by atoms with E-state index in [-0.39, 0.29) is 23.3 Å². The van der Waals surface area contributed by atoms with Crippen LogP contribution in [0.1, 0.15) is 31.1 Å². The zero-order valence-electron chi connectivity index (χ0n) is 19.8. The van der Waals surface area contributed by atoms with E-state index in [2.05, 4.69) is 16.0 Å². The molecule has 3 N–H and O–H groups in total. The van der Waals surface area contributed by atoms with Crippen molar-refractivity contribution in [2.45, 2.75) is 0 Å². The van der Waals surface area contributed by atoms with E-state index in [9.17, 15) is 14.4 Å². The number of carbonyl (C=O) groups is 3. The van der Waals surface area contributed by atoms with Crippen LogP contribution in [0.4, 0.5) is 17.1 Å². The second kappa shape index (κ2) is 10.6. The molecular weight excluding hydrogens is 462 g/mol. The third-order valence-electron chi connectivity index (χ3n) is 5.79. The van der Waals surface area contributed by atoms with Gasteiger partial charge in [0.25, 0.3) is 17.7 Å². The summed E-state index contributed by atoms with van der Waals surface area (Å²) in [7, 11) is 0. The predicted molar refractivity (Wildman–Crippen MR) is 147 cm³/mol. The Bertz CT molecular complexity index is 1530. The summed E-state index contributed by atoms with van der Waals surface area (Å²) in [5.41, 5.74) is 2.62. The van der Waals surface area contributed by atoms with Gasteiger partial charge >= 0.3 is 0 Å². The Morgan fingerprint density at radius 1 is 0.378 bits per heavy atom. The minimum absolute atomic E-state index is 0.280. The van der Waals surface area contributed by atoms with Gasteiger partial charge in [0.15, 0.2) is 0 Å². The van der Waals surface area contributed by atoms with Crippen molar-refractivity contribution in [3.63, 3.8) is 0 Å². The number of anilines is 3. The van der Waals surface area contributed by atoms with Crippen LogP contribution in [0.5, 0.6) is 0 Å². The average Bonchev–Trinajstić information content (AvgIpc) is 2.93. The molecule has 0 spiro atoms. The molecule has 0 saturated heterocycles. The Labute approximate surface area is 214 Å². The second-order valence-electron chi connectivity index (χ2n) is 8.46. The van der Waals surface area contributed by atoms with E-state index in [1.807, 2.05) is 54.6 Å². The molecule has 5 aromatic rings. The lowest BCUT2D eigenvalue weighted by atomic mass is 10.1. The fourth-order valence-electron chi connectivity index (χ4n) is 3.96. The van der Waals surface area contributed by atoms with Gasteiger partial charge in [0, 0.05) is 33.8 Å². The first-order valence-electron chi connectivity index (χ1n) is 11.7. The molecule has 0 fully saturated rings. The lowest BCUT2D eigenvalue weighted by Crippen LogP contribution is -2.17. The minimum atomic E-state index is -0.374. The van der Waals surface area contributed by atoms with Crippen molar-refractivity contribution in [3.8, 4) is 0 Å². The Morgan fingerprint density at radius 2 is 0.838 bits per heavy atom. The second-order valence-corrected chi connectivity index (χ2v) is 8.46. The molecule has 0 aliphatic carbocycles. The normalized spacial score (nSPS) is 10.5. The third kappa shape index (κ3) is 5.71. The number of benzene rings is 5. The Hall–Kier alpha value is -5.23. The van der Waals surface area contributed by atoms with Gasteiger partial charge in [-0.05, 0) is 65.4 Å². The van der Waals surface area contributed by atoms with Crippen molar-refractivity contribution in [2.75, 3.05) is 16.0 Å². The molecule has 5 aromatic carbocycles. The van der Waals surface area contributed by atoms with Crippen LogP contribution in [0.25, 0.3) is 10.8 Å². The van der Waals surface area contributed by atoms with Gasteiger partial charge in [-0.2, -0.15) is 0 Å². The lowest BCUT2D eigenvalue weighted by Gasteiger charge is -2.13. The van der Waals surface area contributed by atoms with Crippen LogP contribution < -0.4 is 16.0 Å². The highest BCUT2D eigenvalue weighted by atomic mass is 16.2. The molecule has 5 rings (SSSR count). The molecule has 180 valence electrons. The van der Waals surface area contributed by atoms with Crippen LogP contribution in [0.2, 0.25) is 0 Å². The predicted octanol–water partition coefficient (Wildman–Crippen LogP) is 6.60. The average molecular weight is 486 g/mol. The number of carbonyl (C=O) groups excluding carboxylic acids is 3. The highest BCUT2D eigenvalue weighted by molar-refractivity contribution is 6.10. The summed E-state index contributed by atoms with van der Waals surface area (Å²) >= 11 is 0. The van der Waals surface area contributed by atoms with Crippen molar-refractivity contribution in [1.82, 2.24) is 0 Å². The van der Waals surface area contributed by atoms with Crippen LogP contribution in [-0.4, -0.2) is 17.7 Å². The SMILES string of the molecule is O=C(Nc1cc(NC(=O)c2ccccc2)cc(C(=O)Nc2ccc3ccccc3c2)c1)c1ccccc1. The summed E-state index contributed by atoms with van der Waals surface area (Å²) in [5.74, 6) is -1.03. The summed E-state index contributed by atoms with van der Waals surface area (Å²) in [6.45, 7) is 0. The van der Waals surface area contributed by atoms with Crippen molar-refractivity contribution < 1.29 is 14.4 Å². The first-order chi connectivity index (χ1) is 18.0. The molecule has 0 aliphatic rings. The quantitative estimate of drug-likeness (QED) is 0.253. The van der Waals surface area contributed by atoms with Gasteiger partial charge in [-0.15, -0.1) is 0 Å². The van der Waals surface area contributed by atoms with Gasteiger partial charge in [-0.1, -0.05) is 66.7 Å². The fourth-order valence-corrected chi connectivity index (χ4v) is 3.96. The lowest BCUT2D eigenvalue weighted by molar-refractivity contribution is 0.101. The maximum absolute atomic E-state index is 13.2. The van der Waals surface area contributed by atoms with Crippen molar-refractivity contribution >= 4 is 45.6 Å². The molecule has 0 heterocycles. The summed E-state index contributed by atoms with van der Waals surface area (Å²) in [6, 6.07) is 35.8. The molecule has 0 radical (unpaired) electrons. The number of hydrogen-bond acceptors (Lipinski definition) is 3. The van der Waals surface area contributed by atoms with Gasteiger partial charge in [0.1, 0.15) is 0 Å². The van der Waals surface area contributed by atoms with Crippen LogP contribution in [-0.2, 0) is 0 Å². The van der Waals surface area contributed by atoms with Gasteiger partial charge in [-0.3, -0.25) is 14.4 Å². The molecule has 37 heavy (non-hydrogen) atoms. The van der Waals surface area contributed by atoms with Crippen molar-refractivity contribution in [3.05, 3.63) is 138 Å². The Balaban J connectivity index is 1.44. The number of hydrogen-bond donors (Lipinski definition) is 3. The van der Waals surface area contributed by atoms with Crippen molar-refractivity contribution in [1.29, 1.82) is 0 Å². The molecule has 3 amide bonds. The summed E-state index contributed by atoms with van der Waals surface area (Å²) in [4.78, 5) is 38.8. The van der Waals surface area contributed by atoms with Crippen molar-refractivity contribution in [2.24, 2.45) is 0 Å². The van der Waals surface area contributed by atoms with Crippen LogP contribution in [0, 0.1) is 0 Å². The molecule has 6 heteroatoms. The van der Waals surface area contributed by atoms with Gasteiger partial charge < -0.3 is 16.0 Å². The smallest absolute Gasteiger partial charge is 0.255 e. The van der Waals surface area contributed by atoms with Gasteiger partial charge in [0.05, 0.1) is 0 Å². The van der Waals surface area contributed by atoms with E-state index in [0.717, 1.165) is 10.8 Å². The minimum Gasteiger partial charge on any atom is -0.322 e. The van der Waals surface area contributed by atoms with E-state index in [1.165, 1.54) is 0 Å². The molecule has 6 nitrogen and oxygen atoms in total. The first-order valence-corrected chi connectivity index (χ1v) is 11.7. The van der Waals surface area contributed by atoms with E-state index in [4.69, 9.17) is 0 Å². The number of rotatable bonds is 6.